The zero-order valence-electron chi connectivity index (χ0n) is 10.8. The number of carbonyl (C=O) groups is 1. The molecule has 20 heavy (non-hydrogen) atoms. The van der Waals surface area contributed by atoms with E-state index in [4.69, 9.17) is 0 Å². The molecule has 0 amide bonds. The lowest BCUT2D eigenvalue weighted by atomic mass is 9.97. The minimum atomic E-state index is -4.17. The Kier molecular flexibility index (Phi) is 4.86. The van der Waals surface area contributed by atoms with Gasteiger partial charge >= 0.3 is 6.18 Å². The monoisotopic (exact) mass is 349 g/mol. The maximum absolute atomic E-state index is 12.7. The second kappa shape index (κ2) is 6.26. The average molecular weight is 350 g/mol. The highest BCUT2D eigenvalue weighted by atomic mass is 79.9. The van der Waals surface area contributed by atoms with Crippen LogP contribution in [0.15, 0.2) is 28.7 Å². The first kappa shape index (κ1) is 15.5. The molecule has 1 heterocycles. The fourth-order valence-corrected chi connectivity index (χ4v) is 2.95. The molecule has 1 aliphatic rings. The first-order chi connectivity index (χ1) is 9.38. The third-order valence-corrected chi connectivity index (χ3v) is 4.20. The number of halogens is 4. The van der Waals surface area contributed by atoms with Gasteiger partial charge in [0.1, 0.15) is 0 Å². The Morgan fingerprint density at radius 3 is 2.70 bits per heavy atom. The van der Waals surface area contributed by atoms with Crippen molar-refractivity contribution in [2.45, 2.75) is 19.0 Å². The van der Waals surface area contributed by atoms with E-state index < -0.39 is 12.1 Å². The third-order valence-electron chi connectivity index (χ3n) is 3.51. The van der Waals surface area contributed by atoms with Crippen LogP contribution in [-0.2, 0) is 0 Å². The summed E-state index contributed by atoms with van der Waals surface area (Å²) < 4.78 is 38.8. The molecule has 1 aromatic rings. The summed E-state index contributed by atoms with van der Waals surface area (Å²) in [5.74, 6) is -1.47. The van der Waals surface area contributed by atoms with E-state index in [-0.39, 0.29) is 25.3 Å². The van der Waals surface area contributed by atoms with E-state index in [2.05, 4.69) is 15.9 Å². The molecule has 0 bridgehead atoms. The number of carbonyl (C=O) groups excluding carboxylic acids is 1. The van der Waals surface area contributed by atoms with Gasteiger partial charge in [-0.1, -0.05) is 34.1 Å². The van der Waals surface area contributed by atoms with Crippen LogP contribution in [0.5, 0.6) is 0 Å². The van der Waals surface area contributed by atoms with Gasteiger partial charge in [0, 0.05) is 16.6 Å². The first-order valence-corrected chi connectivity index (χ1v) is 7.24. The molecule has 110 valence electrons. The van der Waals surface area contributed by atoms with E-state index in [1.807, 2.05) is 0 Å². The number of likely N-dealkylation sites (tertiary alicyclic amines) is 1. The Balaban J connectivity index is 2.00. The van der Waals surface area contributed by atoms with Gasteiger partial charge in [-0.15, -0.1) is 0 Å². The van der Waals surface area contributed by atoms with Crippen molar-refractivity contribution >= 4 is 21.7 Å². The Morgan fingerprint density at radius 1 is 1.35 bits per heavy atom. The molecule has 2 nitrogen and oxygen atoms in total. The molecule has 6 heteroatoms. The van der Waals surface area contributed by atoms with Gasteiger partial charge in [0.05, 0.1) is 12.5 Å². The third kappa shape index (κ3) is 3.82. The van der Waals surface area contributed by atoms with Crippen molar-refractivity contribution in [3.05, 3.63) is 34.3 Å². The predicted molar refractivity (Wildman–Crippen MR) is 73.7 cm³/mol. The van der Waals surface area contributed by atoms with E-state index in [1.165, 1.54) is 0 Å². The van der Waals surface area contributed by atoms with E-state index in [1.54, 1.807) is 29.2 Å². The molecule has 0 radical (unpaired) electrons. The zero-order valence-corrected chi connectivity index (χ0v) is 12.4. The highest BCUT2D eigenvalue weighted by Gasteiger charge is 2.41. The summed E-state index contributed by atoms with van der Waals surface area (Å²) in [5.41, 5.74) is 0.515. The van der Waals surface area contributed by atoms with Gasteiger partial charge in [-0.25, -0.2) is 0 Å². The minimum absolute atomic E-state index is 0.0369. The number of nitrogens with zero attached hydrogens (tertiary/aromatic N) is 1. The molecule has 0 saturated carbocycles. The number of alkyl halides is 3. The maximum Gasteiger partial charge on any atom is 0.393 e. The van der Waals surface area contributed by atoms with Crippen LogP contribution in [0, 0.1) is 5.92 Å². The molecular weight excluding hydrogens is 335 g/mol. The van der Waals surface area contributed by atoms with Crippen molar-refractivity contribution in [2.75, 3.05) is 19.6 Å². The van der Waals surface area contributed by atoms with E-state index in [0.29, 0.717) is 23.0 Å². The van der Waals surface area contributed by atoms with Gasteiger partial charge in [0.25, 0.3) is 0 Å². The molecule has 2 rings (SSSR count). The van der Waals surface area contributed by atoms with Gasteiger partial charge in [-0.2, -0.15) is 13.2 Å². The minimum Gasteiger partial charge on any atom is -0.295 e. The summed E-state index contributed by atoms with van der Waals surface area (Å²) in [6.45, 7) is 0.498. The second-order valence-corrected chi connectivity index (χ2v) is 5.87. The number of piperidine rings is 1. The second-order valence-electron chi connectivity index (χ2n) is 5.02. The fraction of sp³-hybridized carbons (Fsp3) is 0.500. The van der Waals surface area contributed by atoms with Crippen molar-refractivity contribution in [1.82, 2.24) is 4.90 Å². The number of rotatable bonds is 3. The summed E-state index contributed by atoms with van der Waals surface area (Å²) in [4.78, 5) is 13.7. The molecule has 1 aromatic carbocycles. The highest BCUT2D eigenvalue weighted by molar-refractivity contribution is 9.10. The summed E-state index contributed by atoms with van der Waals surface area (Å²) in [6.07, 6.45) is -3.54. The standard InChI is InChI=1S/C14H15BrF3NO/c15-12-6-2-1-5-11(12)13(20)9-19-7-3-4-10(8-19)14(16,17)18/h1-2,5-6,10H,3-4,7-9H2. The molecule has 1 aliphatic heterocycles. The average Bonchev–Trinajstić information content (AvgIpc) is 2.38. The van der Waals surface area contributed by atoms with Crippen LogP contribution in [0.1, 0.15) is 23.2 Å². The van der Waals surface area contributed by atoms with Gasteiger partial charge in [0.15, 0.2) is 5.78 Å². The van der Waals surface area contributed by atoms with Crippen molar-refractivity contribution in [1.29, 1.82) is 0 Å². The number of Topliss-reactive ketones (excluding diaryl/α,β-unsaturated/α-hetero) is 1. The van der Waals surface area contributed by atoms with Crippen LogP contribution < -0.4 is 0 Å². The van der Waals surface area contributed by atoms with Crippen LogP contribution >= 0.6 is 15.9 Å². The predicted octanol–water partition coefficient (Wildman–Crippen LogP) is 3.91. The number of hydrogen-bond acceptors (Lipinski definition) is 2. The van der Waals surface area contributed by atoms with Crippen LogP contribution in [-0.4, -0.2) is 36.5 Å². The smallest absolute Gasteiger partial charge is 0.295 e. The number of ketones is 1. The first-order valence-electron chi connectivity index (χ1n) is 6.44. The Labute approximate surface area is 124 Å². The summed E-state index contributed by atoms with van der Waals surface area (Å²) in [6, 6.07) is 6.97. The summed E-state index contributed by atoms with van der Waals surface area (Å²) >= 11 is 3.29. The van der Waals surface area contributed by atoms with Gasteiger partial charge in [0.2, 0.25) is 0 Å². The molecule has 0 aliphatic carbocycles. The molecule has 0 aromatic heterocycles. The largest absolute Gasteiger partial charge is 0.393 e. The normalized spacial score (nSPS) is 20.9. The Bertz CT molecular complexity index is 490. The molecular formula is C14H15BrF3NO. The van der Waals surface area contributed by atoms with Crippen molar-refractivity contribution in [2.24, 2.45) is 5.92 Å². The van der Waals surface area contributed by atoms with Gasteiger partial charge < -0.3 is 0 Å². The van der Waals surface area contributed by atoms with E-state index in [0.717, 1.165) is 0 Å². The number of benzene rings is 1. The lowest BCUT2D eigenvalue weighted by Crippen LogP contribution is -2.43. The molecule has 1 fully saturated rings. The maximum atomic E-state index is 12.7. The van der Waals surface area contributed by atoms with Gasteiger partial charge in [-0.05, 0) is 25.5 Å². The van der Waals surface area contributed by atoms with Crippen LogP contribution in [0.25, 0.3) is 0 Å². The summed E-state index contributed by atoms with van der Waals surface area (Å²) in [5, 5.41) is 0. The lowest BCUT2D eigenvalue weighted by Gasteiger charge is -2.33. The number of hydrogen-bond donors (Lipinski definition) is 0. The fourth-order valence-electron chi connectivity index (χ4n) is 2.44. The Hall–Kier alpha value is -0.880. The summed E-state index contributed by atoms with van der Waals surface area (Å²) in [7, 11) is 0. The lowest BCUT2D eigenvalue weighted by molar-refractivity contribution is -0.186. The van der Waals surface area contributed by atoms with Crippen LogP contribution in [0.2, 0.25) is 0 Å². The van der Waals surface area contributed by atoms with Crippen molar-refractivity contribution in [3.63, 3.8) is 0 Å². The topological polar surface area (TPSA) is 20.3 Å². The molecule has 1 unspecified atom stereocenters. The zero-order chi connectivity index (χ0) is 14.8. The van der Waals surface area contributed by atoms with E-state index >= 15 is 0 Å². The van der Waals surface area contributed by atoms with Crippen LogP contribution in [0.3, 0.4) is 0 Å². The van der Waals surface area contributed by atoms with E-state index in [9.17, 15) is 18.0 Å². The Morgan fingerprint density at radius 2 is 2.05 bits per heavy atom. The molecule has 0 spiro atoms. The van der Waals surface area contributed by atoms with Crippen molar-refractivity contribution < 1.29 is 18.0 Å². The SMILES string of the molecule is O=C(CN1CCCC(C(F)(F)F)C1)c1ccccc1Br. The van der Waals surface area contributed by atoms with Gasteiger partial charge in [-0.3, -0.25) is 9.69 Å². The quantitative estimate of drug-likeness (QED) is 0.771. The molecule has 1 saturated heterocycles. The highest BCUT2D eigenvalue weighted by Crippen LogP contribution is 2.33. The molecule has 0 N–H and O–H groups in total. The van der Waals surface area contributed by atoms with Crippen molar-refractivity contribution in [3.8, 4) is 0 Å². The molecule has 1 atom stereocenters. The van der Waals surface area contributed by atoms with Crippen LogP contribution in [0.4, 0.5) is 13.2 Å².